The number of aliphatic carboxylic acids is 1. The van der Waals surface area contributed by atoms with Crippen LogP contribution in [0.2, 0.25) is 0 Å². The summed E-state index contributed by atoms with van der Waals surface area (Å²) in [5.74, 6) is -0.199. The van der Waals surface area contributed by atoms with E-state index in [1.54, 1.807) is 22.5 Å². The number of aryl methyl sites for hydroxylation is 2. The lowest BCUT2D eigenvalue weighted by Crippen LogP contribution is -2.54. The number of carbonyl (C=O) groups excluding carboxylic acids is 1. The molecule has 0 radical (unpaired) electrons. The molecule has 1 aromatic heterocycles. The first kappa shape index (κ1) is 15.6. The highest BCUT2D eigenvalue weighted by atomic mass is 32.2. The molecule has 0 aromatic carbocycles. The topological polar surface area (TPSA) is 84.2 Å². The zero-order valence-corrected chi connectivity index (χ0v) is 13.2. The summed E-state index contributed by atoms with van der Waals surface area (Å²) in [6, 6.07) is 0. The maximum atomic E-state index is 12.0. The van der Waals surface area contributed by atoms with Crippen molar-refractivity contribution in [3.05, 3.63) is 23.0 Å². The summed E-state index contributed by atoms with van der Waals surface area (Å²) in [6.45, 7) is 3.79. The van der Waals surface area contributed by atoms with Crippen molar-refractivity contribution < 1.29 is 14.7 Å². The Morgan fingerprint density at radius 1 is 1.48 bits per heavy atom. The minimum atomic E-state index is -1.13. The average molecular weight is 309 g/mol. The molecule has 0 spiro atoms. The predicted molar refractivity (Wildman–Crippen MR) is 82.2 cm³/mol. The quantitative estimate of drug-likeness (QED) is 0.815. The summed E-state index contributed by atoms with van der Waals surface area (Å²) in [4.78, 5) is 23.4. The van der Waals surface area contributed by atoms with E-state index in [9.17, 15) is 14.7 Å². The molecule has 1 aliphatic rings. The van der Waals surface area contributed by atoms with Crippen LogP contribution >= 0.6 is 11.8 Å². The molecule has 2 N–H and O–H groups in total. The number of rotatable bonds is 4. The monoisotopic (exact) mass is 309 g/mol. The van der Waals surface area contributed by atoms with Gasteiger partial charge in [0.1, 0.15) is 5.54 Å². The highest BCUT2D eigenvalue weighted by molar-refractivity contribution is 7.99. The van der Waals surface area contributed by atoms with Gasteiger partial charge in [-0.2, -0.15) is 16.9 Å². The second-order valence-electron chi connectivity index (χ2n) is 5.22. The molecule has 1 atom stereocenters. The fourth-order valence-corrected chi connectivity index (χ4v) is 3.68. The fourth-order valence-electron chi connectivity index (χ4n) is 2.35. The molecule has 21 heavy (non-hydrogen) atoms. The maximum Gasteiger partial charge on any atom is 0.330 e. The largest absolute Gasteiger partial charge is 0.479 e. The molecule has 6 nitrogen and oxygen atoms in total. The SMILES string of the molecule is Cc1nn(C)c(C)c1C=CC(=O)NC1(C(=O)O)CCSC1. The highest BCUT2D eigenvalue weighted by Gasteiger charge is 2.42. The zero-order chi connectivity index (χ0) is 15.6. The first-order chi connectivity index (χ1) is 9.85. The Morgan fingerprint density at radius 2 is 2.19 bits per heavy atom. The molecular weight excluding hydrogens is 290 g/mol. The molecule has 0 bridgehead atoms. The Balaban J connectivity index is 2.11. The molecule has 1 fully saturated rings. The number of aromatic nitrogens is 2. The van der Waals surface area contributed by atoms with E-state index in [-0.39, 0.29) is 5.91 Å². The lowest BCUT2D eigenvalue weighted by Gasteiger charge is -2.23. The number of carboxylic acid groups (broad SMARTS) is 1. The van der Waals surface area contributed by atoms with Crippen LogP contribution in [0.5, 0.6) is 0 Å². The van der Waals surface area contributed by atoms with Crippen LogP contribution in [0.3, 0.4) is 0 Å². The van der Waals surface area contributed by atoms with Gasteiger partial charge >= 0.3 is 5.97 Å². The van der Waals surface area contributed by atoms with E-state index in [4.69, 9.17) is 0 Å². The van der Waals surface area contributed by atoms with E-state index >= 15 is 0 Å². The minimum Gasteiger partial charge on any atom is -0.479 e. The molecule has 0 aliphatic carbocycles. The van der Waals surface area contributed by atoms with Gasteiger partial charge in [0.25, 0.3) is 0 Å². The fraction of sp³-hybridized carbons (Fsp3) is 0.500. The summed E-state index contributed by atoms with van der Waals surface area (Å²) >= 11 is 1.54. The summed E-state index contributed by atoms with van der Waals surface area (Å²) in [5, 5.41) is 16.2. The Bertz CT molecular complexity index is 601. The summed E-state index contributed by atoms with van der Waals surface area (Å²) < 4.78 is 1.75. The summed E-state index contributed by atoms with van der Waals surface area (Å²) in [6.07, 6.45) is 3.52. The van der Waals surface area contributed by atoms with E-state index in [2.05, 4.69) is 10.4 Å². The third kappa shape index (κ3) is 3.12. The van der Waals surface area contributed by atoms with E-state index in [0.717, 1.165) is 22.7 Å². The van der Waals surface area contributed by atoms with Crippen molar-refractivity contribution in [3.63, 3.8) is 0 Å². The Morgan fingerprint density at radius 3 is 2.67 bits per heavy atom. The van der Waals surface area contributed by atoms with Gasteiger partial charge in [-0.1, -0.05) is 0 Å². The number of carboxylic acids is 1. The maximum absolute atomic E-state index is 12.0. The Labute approximate surface area is 127 Å². The van der Waals surface area contributed by atoms with Crippen molar-refractivity contribution in [2.75, 3.05) is 11.5 Å². The van der Waals surface area contributed by atoms with Crippen LogP contribution in [0.1, 0.15) is 23.4 Å². The molecule has 2 rings (SSSR count). The van der Waals surface area contributed by atoms with Crippen LogP contribution in [0, 0.1) is 13.8 Å². The Kier molecular flexibility index (Phi) is 4.41. The number of carbonyl (C=O) groups is 2. The number of nitrogens with zero attached hydrogens (tertiary/aromatic N) is 2. The van der Waals surface area contributed by atoms with Crippen LogP contribution in [-0.2, 0) is 16.6 Å². The van der Waals surface area contributed by atoms with Crippen LogP contribution in [-0.4, -0.2) is 43.8 Å². The number of hydrogen-bond donors (Lipinski definition) is 2. The van der Waals surface area contributed by atoms with Gasteiger partial charge in [0.2, 0.25) is 5.91 Å². The standard InChI is InChI=1S/C14H19N3O3S/c1-9-11(10(2)17(3)16-9)4-5-12(18)15-14(13(19)20)6-7-21-8-14/h4-5H,6-8H2,1-3H3,(H,15,18)(H,19,20). The van der Waals surface area contributed by atoms with Crippen LogP contribution < -0.4 is 5.32 Å². The second kappa shape index (κ2) is 5.93. The van der Waals surface area contributed by atoms with Crippen LogP contribution in [0.15, 0.2) is 6.08 Å². The van der Waals surface area contributed by atoms with Gasteiger partial charge in [-0.05, 0) is 32.1 Å². The number of amides is 1. The molecule has 1 amide bonds. The molecular formula is C14H19N3O3S. The van der Waals surface area contributed by atoms with Gasteiger partial charge in [0.05, 0.1) is 5.69 Å². The third-order valence-corrected chi connectivity index (χ3v) is 4.95. The first-order valence-corrected chi connectivity index (χ1v) is 7.83. The van der Waals surface area contributed by atoms with Gasteiger partial charge in [-0.3, -0.25) is 9.48 Å². The highest BCUT2D eigenvalue weighted by Crippen LogP contribution is 2.28. The van der Waals surface area contributed by atoms with Crippen molar-refractivity contribution in [2.24, 2.45) is 7.05 Å². The Hall–Kier alpha value is -1.76. The normalized spacial score (nSPS) is 21.9. The smallest absolute Gasteiger partial charge is 0.330 e. The van der Waals surface area contributed by atoms with Gasteiger partial charge in [-0.25, -0.2) is 4.79 Å². The lowest BCUT2D eigenvalue weighted by atomic mass is 9.99. The minimum absolute atomic E-state index is 0.387. The summed E-state index contributed by atoms with van der Waals surface area (Å²) in [7, 11) is 1.84. The van der Waals surface area contributed by atoms with Crippen LogP contribution in [0.25, 0.3) is 6.08 Å². The van der Waals surface area contributed by atoms with Gasteiger partial charge < -0.3 is 10.4 Å². The second-order valence-corrected chi connectivity index (χ2v) is 6.33. The van der Waals surface area contributed by atoms with Crippen molar-refractivity contribution in [3.8, 4) is 0 Å². The van der Waals surface area contributed by atoms with Crippen LogP contribution in [0.4, 0.5) is 0 Å². The van der Waals surface area contributed by atoms with Crippen molar-refractivity contribution in [2.45, 2.75) is 25.8 Å². The molecule has 1 aromatic rings. The van der Waals surface area contributed by atoms with Gasteiger partial charge in [0.15, 0.2) is 0 Å². The molecule has 7 heteroatoms. The molecule has 0 saturated carbocycles. The molecule has 2 heterocycles. The molecule has 1 saturated heterocycles. The number of thioether (sulfide) groups is 1. The number of hydrogen-bond acceptors (Lipinski definition) is 4. The van der Waals surface area contributed by atoms with Crippen molar-refractivity contribution in [1.29, 1.82) is 0 Å². The van der Waals surface area contributed by atoms with E-state index < -0.39 is 11.5 Å². The lowest BCUT2D eigenvalue weighted by molar-refractivity contribution is -0.145. The third-order valence-electron chi connectivity index (χ3n) is 3.76. The van der Waals surface area contributed by atoms with Gasteiger partial charge in [0, 0.05) is 30.1 Å². The average Bonchev–Trinajstić information content (AvgIpc) is 2.96. The summed E-state index contributed by atoms with van der Waals surface area (Å²) in [5.41, 5.74) is 1.55. The van der Waals surface area contributed by atoms with Crippen molar-refractivity contribution in [1.82, 2.24) is 15.1 Å². The predicted octanol–water partition coefficient (Wildman–Crippen LogP) is 1.13. The zero-order valence-electron chi connectivity index (χ0n) is 12.3. The number of nitrogens with one attached hydrogen (secondary N) is 1. The van der Waals surface area contributed by atoms with E-state index in [0.29, 0.717) is 12.2 Å². The van der Waals surface area contributed by atoms with E-state index in [1.165, 1.54) is 6.08 Å². The van der Waals surface area contributed by atoms with Gasteiger partial charge in [-0.15, -0.1) is 0 Å². The van der Waals surface area contributed by atoms with E-state index in [1.807, 2.05) is 20.9 Å². The molecule has 114 valence electrons. The molecule has 1 unspecified atom stereocenters. The first-order valence-electron chi connectivity index (χ1n) is 6.67. The van der Waals surface area contributed by atoms with Crippen molar-refractivity contribution >= 4 is 29.7 Å². The molecule has 1 aliphatic heterocycles.